The first-order valence-electron chi connectivity index (χ1n) is 2.88. The lowest BCUT2D eigenvalue weighted by atomic mass is 10.4. The molecule has 0 aromatic carbocycles. The minimum atomic E-state index is -0.627. The molecule has 0 spiro atoms. The summed E-state index contributed by atoms with van der Waals surface area (Å²) >= 11 is 0. The maximum absolute atomic E-state index is 10.7. The predicted octanol–water partition coefficient (Wildman–Crippen LogP) is 0.0974. The molecule has 4 heteroatoms. The van der Waals surface area contributed by atoms with E-state index in [-0.39, 0.29) is 0 Å². The van der Waals surface area contributed by atoms with Gasteiger partial charge >= 0.3 is 5.69 Å². The molecule has 1 aromatic rings. The normalized spacial score (nSPS) is 9.80. The third-order valence-electron chi connectivity index (χ3n) is 1.21. The van der Waals surface area contributed by atoms with Crippen molar-refractivity contribution in [3.63, 3.8) is 0 Å². The molecule has 1 aromatic heterocycles. The fraction of sp³-hybridized carbons (Fsp3) is 0.333. The largest absolute Gasteiger partial charge is 0.424 e. The van der Waals surface area contributed by atoms with Crippen LogP contribution in [0.15, 0.2) is 10.9 Å². The molecule has 1 rings (SSSR count). The molecule has 0 saturated carbocycles. The van der Waals surface area contributed by atoms with E-state index in [9.17, 15) is 4.79 Å². The summed E-state index contributed by atoms with van der Waals surface area (Å²) in [6.07, 6.45) is 0. The number of hydrogen-bond donors (Lipinski definition) is 1. The molecule has 1 heterocycles. The van der Waals surface area contributed by atoms with Crippen LogP contribution >= 0.6 is 0 Å². The van der Waals surface area contributed by atoms with Crippen molar-refractivity contribution in [3.05, 3.63) is 27.9 Å². The summed E-state index contributed by atoms with van der Waals surface area (Å²) in [7, 11) is 0. The average molecular weight is 140 g/mol. The Morgan fingerprint density at radius 2 is 2.20 bits per heavy atom. The average Bonchev–Trinajstić information content (AvgIpc) is 1.82. The van der Waals surface area contributed by atoms with Gasteiger partial charge in [-0.3, -0.25) is 0 Å². The Kier molecular flexibility index (Phi) is 1.45. The molecule has 0 unspecified atom stereocenters. The highest BCUT2D eigenvalue weighted by Gasteiger charge is 1.97. The molecule has 54 valence electrons. The van der Waals surface area contributed by atoms with Gasteiger partial charge in [0.1, 0.15) is 0 Å². The van der Waals surface area contributed by atoms with E-state index < -0.39 is 5.69 Å². The lowest BCUT2D eigenvalue weighted by Gasteiger charge is -1.98. The van der Waals surface area contributed by atoms with Gasteiger partial charge in [0.05, 0.1) is 5.69 Å². The monoisotopic (exact) mass is 140 g/mol. The highest BCUT2D eigenvalue weighted by Crippen LogP contribution is 1.92. The molecule has 0 atom stereocenters. The fourth-order valence-corrected chi connectivity index (χ4v) is 0.745. The lowest BCUT2D eigenvalue weighted by Crippen LogP contribution is -2.23. The van der Waals surface area contributed by atoms with Crippen LogP contribution in [0.4, 0.5) is 0 Å². The molecule has 0 radical (unpaired) electrons. The van der Waals surface area contributed by atoms with Gasteiger partial charge < -0.3 is 5.21 Å². The first-order valence-corrected chi connectivity index (χ1v) is 2.88. The zero-order valence-electron chi connectivity index (χ0n) is 5.83. The third-order valence-corrected chi connectivity index (χ3v) is 1.21. The van der Waals surface area contributed by atoms with Crippen molar-refractivity contribution in [1.29, 1.82) is 0 Å². The topological polar surface area (TPSA) is 55.1 Å². The molecular formula is C6H8N2O2. The Hall–Kier alpha value is -1.32. The molecule has 0 aliphatic heterocycles. The second-order valence-corrected chi connectivity index (χ2v) is 2.13. The molecule has 0 bridgehead atoms. The number of aryl methyl sites for hydroxylation is 2. The van der Waals surface area contributed by atoms with E-state index in [2.05, 4.69) is 4.98 Å². The second-order valence-electron chi connectivity index (χ2n) is 2.13. The second kappa shape index (κ2) is 2.13. The zero-order chi connectivity index (χ0) is 7.72. The van der Waals surface area contributed by atoms with E-state index >= 15 is 0 Å². The molecule has 0 amide bonds. The molecule has 1 N–H and O–H groups in total. The van der Waals surface area contributed by atoms with Crippen LogP contribution in [0.25, 0.3) is 0 Å². The standard InChI is InChI=1S/C6H8N2O2/c1-4-3-5(2)8(10)6(9)7-4/h3,10H,1-2H3. The van der Waals surface area contributed by atoms with Gasteiger partial charge in [-0.1, -0.05) is 0 Å². The Labute approximate surface area is 57.7 Å². The highest BCUT2D eigenvalue weighted by atomic mass is 16.5. The number of hydrogen-bond acceptors (Lipinski definition) is 3. The molecule has 4 nitrogen and oxygen atoms in total. The van der Waals surface area contributed by atoms with Crippen molar-refractivity contribution in [1.82, 2.24) is 9.71 Å². The number of nitrogens with zero attached hydrogens (tertiary/aromatic N) is 2. The van der Waals surface area contributed by atoms with Crippen LogP contribution in [0.2, 0.25) is 0 Å². The SMILES string of the molecule is Cc1cc(C)n(O)c(=O)n1. The summed E-state index contributed by atoms with van der Waals surface area (Å²) in [6, 6.07) is 1.63. The molecule has 10 heavy (non-hydrogen) atoms. The maximum atomic E-state index is 10.7. The molecule has 0 aliphatic carbocycles. The lowest BCUT2D eigenvalue weighted by molar-refractivity contribution is 0.163. The first kappa shape index (κ1) is 6.80. The van der Waals surface area contributed by atoms with Crippen LogP contribution in [0.3, 0.4) is 0 Å². The van der Waals surface area contributed by atoms with Crippen molar-refractivity contribution in [2.75, 3.05) is 0 Å². The van der Waals surface area contributed by atoms with Gasteiger partial charge in [0.15, 0.2) is 0 Å². The summed E-state index contributed by atoms with van der Waals surface area (Å²) in [4.78, 5) is 14.2. The minimum absolute atomic E-state index is 0.498. The molecule has 0 fully saturated rings. The van der Waals surface area contributed by atoms with Crippen molar-refractivity contribution in [2.24, 2.45) is 0 Å². The van der Waals surface area contributed by atoms with Crippen LogP contribution in [0, 0.1) is 13.8 Å². The Morgan fingerprint density at radius 1 is 1.60 bits per heavy atom. The summed E-state index contributed by atoms with van der Waals surface area (Å²) in [5, 5.41) is 8.87. The highest BCUT2D eigenvalue weighted by molar-refractivity contribution is 5.04. The van der Waals surface area contributed by atoms with Crippen molar-refractivity contribution < 1.29 is 5.21 Å². The van der Waals surface area contributed by atoms with E-state index in [4.69, 9.17) is 5.21 Å². The van der Waals surface area contributed by atoms with Crippen LogP contribution < -0.4 is 5.69 Å². The number of rotatable bonds is 0. The predicted molar refractivity (Wildman–Crippen MR) is 35.2 cm³/mol. The van der Waals surface area contributed by atoms with Gasteiger partial charge in [0.2, 0.25) is 0 Å². The Morgan fingerprint density at radius 3 is 2.70 bits per heavy atom. The molecule has 0 aliphatic rings. The van der Waals surface area contributed by atoms with Gasteiger partial charge in [-0.15, -0.1) is 4.73 Å². The van der Waals surface area contributed by atoms with Crippen LogP contribution in [-0.2, 0) is 0 Å². The van der Waals surface area contributed by atoms with Gasteiger partial charge in [0, 0.05) is 5.69 Å². The summed E-state index contributed by atoms with van der Waals surface area (Å²) < 4.78 is 0.521. The Bertz CT molecular complexity index is 303. The van der Waals surface area contributed by atoms with Crippen molar-refractivity contribution in [3.8, 4) is 0 Å². The van der Waals surface area contributed by atoms with Crippen molar-refractivity contribution >= 4 is 0 Å². The van der Waals surface area contributed by atoms with Gasteiger partial charge in [0.25, 0.3) is 0 Å². The maximum Gasteiger partial charge on any atom is 0.380 e. The molecule has 0 saturated heterocycles. The van der Waals surface area contributed by atoms with Gasteiger partial charge in [-0.05, 0) is 19.9 Å². The first-order chi connectivity index (χ1) is 4.61. The van der Waals surface area contributed by atoms with E-state index in [1.807, 2.05) is 0 Å². The van der Waals surface area contributed by atoms with E-state index in [0.717, 1.165) is 0 Å². The summed E-state index contributed by atoms with van der Waals surface area (Å²) in [6.45, 7) is 3.34. The van der Waals surface area contributed by atoms with Crippen LogP contribution in [-0.4, -0.2) is 14.9 Å². The van der Waals surface area contributed by atoms with Crippen LogP contribution in [0.1, 0.15) is 11.4 Å². The summed E-state index contributed by atoms with van der Waals surface area (Å²) in [5.41, 5.74) is 0.489. The van der Waals surface area contributed by atoms with E-state index in [1.165, 1.54) is 0 Å². The van der Waals surface area contributed by atoms with Crippen molar-refractivity contribution in [2.45, 2.75) is 13.8 Å². The molecular weight excluding hydrogens is 132 g/mol. The Balaban J connectivity index is 3.46. The summed E-state index contributed by atoms with van der Waals surface area (Å²) in [5.74, 6) is 0. The van der Waals surface area contributed by atoms with E-state index in [1.54, 1.807) is 19.9 Å². The fourth-order valence-electron chi connectivity index (χ4n) is 0.745. The third kappa shape index (κ3) is 1.00. The number of aromatic nitrogens is 2. The van der Waals surface area contributed by atoms with Gasteiger partial charge in [-0.25, -0.2) is 4.79 Å². The quantitative estimate of drug-likeness (QED) is 0.520. The zero-order valence-corrected chi connectivity index (χ0v) is 5.83. The van der Waals surface area contributed by atoms with Crippen LogP contribution in [0.5, 0.6) is 0 Å². The van der Waals surface area contributed by atoms with Gasteiger partial charge in [-0.2, -0.15) is 4.98 Å². The van der Waals surface area contributed by atoms with E-state index in [0.29, 0.717) is 16.1 Å². The smallest absolute Gasteiger partial charge is 0.380 e. The minimum Gasteiger partial charge on any atom is -0.424 e.